The molecule has 2 saturated heterocycles. The number of amides is 3. The van der Waals surface area contributed by atoms with Crippen LogP contribution in [-0.4, -0.2) is 57.4 Å². The summed E-state index contributed by atoms with van der Waals surface area (Å²) in [6, 6.07) is 6.82. The number of hydrogen-bond acceptors (Lipinski definition) is 6. The Balaban J connectivity index is 1.66. The number of nitrogens with zero attached hydrogens (tertiary/aromatic N) is 3. The number of nitrogens with one attached hydrogen (secondary N) is 1. The fourth-order valence-corrected chi connectivity index (χ4v) is 4.48. The van der Waals surface area contributed by atoms with Crippen molar-refractivity contribution in [3.05, 3.63) is 34.6 Å². The summed E-state index contributed by atoms with van der Waals surface area (Å²) < 4.78 is 7.31. The lowest BCUT2D eigenvalue weighted by molar-refractivity contribution is -0.126. The molecular weight excluding hydrogens is 380 g/mol. The molecule has 2 atom stereocenters. The van der Waals surface area contributed by atoms with Gasteiger partial charge in [-0.25, -0.2) is 9.78 Å². The van der Waals surface area contributed by atoms with Crippen molar-refractivity contribution >= 4 is 34.6 Å². The van der Waals surface area contributed by atoms with Crippen LogP contribution in [0.15, 0.2) is 34.2 Å². The highest BCUT2D eigenvalue weighted by Crippen LogP contribution is 2.25. The van der Waals surface area contributed by atoms with Crippen molar-refractivity contribution in [2.24, 2.45) is 0 Å². The van der Waals surface area contributed by atoms with Crippen LogP contribution in [0.3, 0.4) is 0 Å². The normalized spacial score (nSPS) is 20.5. The van der Waals surface area contributed by atoms with E-state index in [4.69, 9.17) is 4.74 Å². The molecule has 2 aliphatic heterocycles. The highest BCUT2D eigenvalue weighted by molar-refractivity contribution is 8.00. The van der Waals surface area contributed by atoms with E-state index in [1.807, 2.05) is 12.1 Å². The van der Waals surface area contributed by atoms with Crippen LogP contribution < -0.4 is 10.9 Å². The van der Waals surface area contributed by atoms with Crippen molar-refractivity contribution in [1.82, 2.24) is 19.8 Å². The van der Waals surface area contributed by atoms with E-state index in [1.54, 1.807) is 23.6 Å². The molecule has 2 fully saturated rings. The molecule has 3 heterocycles. The van der Waals surface area contributed by atoms with Gasteiger partial charge in [0.2, 0.25) is 5.91 Å². The summed E-state index contributed by atoms with van der Waals surface area (Å²) in [6.07, 6.45) is 1.84. The molecule has 1 N–H and O–H groups in total. The first-order valence-electron chi connectivity index (χ1n) is 9.41. The van der Waals surface area contributed by atoms with Gasteiger partial charge in [-0.1, -0.05) is 23.9 Å². The predicted octanol–water partition coefficient (Wildman–Crippen LogP) is 1.61. The van der Waals surface area contributed by atoms with E-state index < -0.39 is 5.25 Å². The summed E-state index contributed by atoms with van der Waals surface area (Å²) >= 11 is 1.20. The van der Waals surface area contributed by atoms with E-state index >= 15 is 0 Å². The smallest absolute Gasteiger partial charge is 0.324 e. The highest BCUT2D eigenvalue weighted by Gasteiger charge is 2.31. The SMILES string of the molecule is CC(Sc1nc2ccccc2c(=O)n1CC1CCCO1)C(=O)N1CCNC1=O. The highest BCUT2D eigenvalue weighted by atomic mass is 32.2. The number of fused-ring (bicyclic) bond motifs is 1. The zero-order valence-electron chi connectivity index (χ0n) is 15.6. The Labute approximate surface area is 166 Å². The molecule has 1 aromatic carbocycles. The van der Waals surface area contributed by atoms with Gasteiger partial charge in [0.15, 0.2) is 5.16 Å². The summed E-state index contributed by atoms with van der Waals surface area (Å²) in [5.41, 5.74) is 0.458. The lowest BCUT2D eigenvalue weighted by atomic mass is 10.2. The van der Waals surface area contributed by atoms with Gasteiger partial charge < -0.3 is 10.1 Å². The topological polar surface area (TPSA) is 93.5 Å². The van der Waals surface area contributed by atoms with E-state index in [-0.39, 0.29) is 23.6 Å². The first-order chi connectivity index (χ1) is 13.5. The molecule has 0 spiro atoms. The minimum atomic E-state index is -0.548. The summed E-state index contributed by atoms with van der Waals surface area (Å²) in [5, 5.41) is 3.10. The third-order valence-electron chi connectivity index (χ3n) is 4.99. The Kier molecular flexibility index (Phi) is 5.36. The number of imide groups is 1. The number of rotatable bonds is 5. The van der Waals surface area contributed by atoms with Crippen LogP contribution in [-0.2, 0) is 16.1 Å². The number of ether oxygens (including phenoxy) is 1. The molecule has 0 radical (unpaired) electrons. The fourth-order valence-electron chi connectivity index (χ4n) is 3.50. The fraction of sp³-hybridized carbons (Fsp3) is 0.474. The van der Waals surface area contributed by atoms with Crippen LogP contribution >= 0.6 is 11.8 Å². The first-order valence-corrected chi connectivity index (χ1v) is 10.3. The molecule has 9 heteroatoms. The van der Waals surface area contributed by atoms with Gasteiger partial charge in [0.1, 0.15) is 0 Å². The molecule has 2 unspecified atom stereocenters. The summed E-state index contributed by atoms with van der Waals surface area (Å²) in [7, 11) is 0. The van der Waals surface area contributed by atoms with Crippen LogP contribution in [0.1, 0.15) is 19.8 Å². The van der Waals surface area contributed by atoms with Gasteiger partial charge in [-0.05, 0) is 31.9 Å². The summed E-state index contributed by atoms with van der Waals surface area (Å²) in [6.45, 7) is 3.65. The van der Waals surface area contributed by atoms with Crippen molar-refractivity contribution in [2.45, 2.75) is 42.8 Å². The largest absolute Gasteiger partial charge is 0.376 e. The molecule has 4 rings (SSSR count). The van der Waals surface area contributed by atoms with Crippen molar-refractivity contribution in [3.63, 3.8) is 0 Å². The number of carbonyl (C=O) groups is 2. The van der Waals surface area contributed by atoms with Gasteiger partial charge in [0, 0.05) is 19.7 Å². The molecule has 0 aliphatic carbocycles. The number of aromatic nitrogens is 2. The van der Waals surface area contributed by atoms with Crippen LogP contribution in [0.25, 0.3) is 10.9 Å². The maximum atomic E-state index is 13.1. The number of benzene rings is 1. The molecule has 0 saturated carbocycles. The van der Waals surface area contributed by atoms with Crippen molar-refractivity contribution in [3.8, 4) is 0 Å². The Morgan fingerprint density at radius 3 is 2.93 bits per heavy atom. The quantitative estimate of drug-likeness (QED) is 0.603. The molecule has 28 heavy (non-hydrogen) atoms. The minimum Gasteiger partial charge on any atom is -0.376 e. The molecule has 1 aromatic heterocycles. The second kappa shape index (κ2) is 7.92. The minimum absolute atomic E-state index is 0.0321. The molecular formula is C19H22N4O4S. The Morgan fingerprint density at radius 2 is 2.21 bits per heavy atom. The number of hydrogen-bond donors (Lipinski definition) is 1. The van der Waals surface area contributed by atoms with E-state index in [0.29, 0.717) is 42.3 Å². The van der Waals surface area contributed by atoms with Gasteiger partial charge in [0.25, 0.3) is 5.56 Å². The Hall–Kier alpha value is -2.39. The monoisotopic (exact) mass is 402 g/mol. The van der Waals surface area contributed by atoms with Crippen molar-refractivity contribution in [1.29, 1.82) is 0 Å². The van der Waals surface area contributed by atoms with Crippen LogP contribution in [0.5, 0.6) is 0 Å². The van der Waals surface area contributed by atoms with Crippen molar-refractivity contribution in [2.75, 3.05) is 19.7 Å². The average molecular weight is 402 g/mol. The number of thioether (sulfide) groups is 1. The summed E-state index contributed by atoms with van der Waals surface area (Å²) in [4.78, 5) is 43.4. The van der Waals surface area contributed by atoms with E-state index in [0.717, 1.165) is 12.8 Å². The number of urea groups is 1. The van der Waals surface area contributed by atoms with Gasteiger partial charge in [-0.2, -0.15) is 0 Å². The molecule has 8 nitrogen and oxygen atoms in total. The van der Waals surface area contributed by atoms with Crippen LogP contribution in [0, 0.1) is 0 Å². The molecule has 148 valence electrons. The maximum absolute atomic E-state index is 13.1. The number of carbonyl (C=O) groups excluding carboxylic acids is 2. The molecule has 2 aromatic rings. The standard InChI is InChI=1S/C19H22N4O4S/c1-12(16(24)22-9-8-20-18(22)26)28-19-21-15-7-3-2-6-14(15)17(25)23(19)11-13-5-4-10-27-13/h2-3,6-7,12-13H,4-5,8-11H2,1H3,(H,20,26). The second-order valence-corrected chi connectivity index (χ2v) is 8.25. The zero-order chi connectivity index (χ0) is 19.7. The molecule has 0 bridgehead atoms. The summed E-state index contributed by atoms with van der Waals surface area (Å²) in [5.74, 6) is -0.286. The number of para-hydroxylation sites is 1. The van der Waals surface area contributed by atoms with E-state index in [1.165, 1.54) is 16.7 Å². The second-order valence-electron chi connectivity index (χ2n) is 6.94. The molecule has 3 amide bonds. The van der Waals surface area contributed by atoms with Gasteiger partial charge >= 0.3 is 6.03 Å². The lowest BCUT2D eigenvalue weighted by Crippen LogP contribution is -2.39. The predicted molar refractivity (Wildman–Crippen MR) is 105 cm³/mol. The third kappa shape index (κ3) is 3.64. The lowest BCUT2D eigenvalue weighted by Gasteiger charge is -2.20. The Bertz CT molecular complexity index is 970. The third-order valence-corrected chi connectivity index (χ3v) is 6.07. The zero-order valence-corrected chi connectivity index (χ0v) is 16.4. The Morgan fingerprint density at radius 1 is 1.39 bits per heavy atom. The van der Waals surface area contributed by atoms with Crippen LogP contribution in [0.4, 0.5) is 4.79 Å². The van der Waals surface area contributed by atoms with Crippen LogP contribution in [0.2, 0.25) is 0 Å². The van der Waals surface area contributed by atoms with Gasteiger partial charge in [-0.3, -0.25) is 19.1 Å². The first kappa shape index (κ1) is 18.9. The van der Waals surface area contributed by atoms with Crippen molar-refractivity contribution < 1.29 is 14.3 Å². The van der Waals surface area contributed by atoms with E-state index in [9.17, 15) is 14.4 Å². The van der Waals surface area contributed by atoms with Gasteiger partial charge in [0.05, 0.1) is 28.8 Å². The van der Waals surface area contributed by atoms with E-state index in [2.05, 4.69) is 10.3 Å². The molecule has 2 aliphatic rings. The average Bonchev–Trinajstić information content (AvgIpc) is 3.36. The maximum Gasteiger partial charge on any atom is 0.324 e. The van der Waals surface area contributed by atoms with Gasteiger partial charge in [-0.15, -0.1) is 0 Å².